The fourth-order valence-electron chi connectivity index (χ4n) is 3.38. The fourth-order valence-corrected chi connectivity index (χ4v) is 3.38. The number of nitrogens with zero attached hydrogens (tertiary/aromatic N) is 1. The highest BCUT2D eigenvalue weighted by Gasteiger charge is 2.26. The monoisotopic (exact) mass is 419 g/mol. The average Bonchev–Trinajstić information content (AvgIpc) is 2.65. The first-order valence-electron chi connectivity index (χ1n) is 9.46. The van der Waals surface area contributed by atoms with Crippen LogP contribution in [0.4, 0.5) is 0 Å². The number of halogens is 2. The fraction of sp³-hybridized carbons (Fsp3) is 0.650. The van der Waals surface area contributed by atoms with E-state index in [1.54, 1.807) is 7.11 Å². The van der Waals surface area contributed by atoms with Gasteiger partial charge in [0, 0.05) is 26.7 Å². The van der Waals surface area contributed by atoms with Gasteiger partial charge in [-0.15, -0.1) is 24.8 Å². The van der Waals surface area contributed by atoms with Crippen molar-refractivity contribution in [3.05, 3.63) is 35.9 Å². The number of amides is 1. The van der Waals surface area contributed by atoms with Crippen LogP contribution in [0.2, 0.25) is 0 Å². The number of carbonyl (C=O) groups excluding carboxylic acids is 1. The average molecular weight is 420 g/mol. The van der Waals surface area contributed by atoms with Gasteiger partial charge in [-0.25, -0.2) is 0 Å². The van der Waals surface area contributed by atoms with E-state index in [9.17, 15) is 4.79 Å². The summed E-state index contributed by atoms with van der Waals surface area (Å²) >= 11 is 0. The SMILES string of the molecule is COCCNCCNC(=O)C(C)N1CCC(Cc2ccccc2)CC1.Cl.Cl. The molecule has 1 aliphatic rings. The van der Waals surface area contributed by atoms with Crippen molar-refractivity contribution in [3.8, 4) is 0 Å². The minimum Gasteiger partial charge on any atom is -0.383 e. The Kier molecular flexibility index (Phi) is 14.6. The molecule has 0 aromatic heterocycles. The first kappa shape index (κ1) is 26.1. The number of hydrogen-bond donors (Lipinski definition) is 2. The summed E-state index contributed by atoms with van der Waals surface area (Å²) in [5, 5.41) is 6.26. The molecule has 1 saturated heterocycles. The summed E-state index contributed by atoms with van der Waals surface area (Å²) in [5.41, 5.74) is 1.42. The zero-order chi connectivity index (χ0) is 17.9. The third-order valence-corrected chi connectivity index (χ3v) is 5.03. The van der Waals surface area contributed by atoms with Crippen LogP contribution in [0.5, 0.6) is 0 Å². The van der Waals surface area contributed by atoms with E-state index in [0.717, 1.165) is 38.5 Å². The number of ether oxygens (including phenoxy) is 1. The van der Waals surface area contributed by atoms with E-state index in [4.69, 9.17) is 4.74 Å². The second kappa shape index (κ2) is 15.1. The molecule has 1 heterocycles. The molecule has 0 saturated carbocycles. The molecule has 1 amide bonds. The largest absolute Gasteiger partial charge is 0.383 e. The van der Waals surface area contributed by atoms with Gasteiger partial charge in [0.15, 0.2) is 0 Å². The van der Waals surface area contributed by atoms with E-state index >= 15 is 0 Å². The Bertz CT molecular complexity index is 497. The standard InChI is InChI=1S/C20H33N3O2.2ClH/c1-17(20(24)22-11-10-21-12-15-25-2)23-13-8-19(9-14-23)16-18-6-4-3-5-7-18;;/h3-7,17,19,21H,8-16H2,1-2H3,(H,22,24);2*1H. The molecule has 1 atom stereocenters. The van der Waals surface area contributed by atoms with Crippen LogP contribution >= 0.6 is 24.8 Å². The lowest BCUT2D eigenvalue weighted by Crippen LogP contribution is -2.49. The van der Waals surface area contributed by atoms with Crippen LogP contribution in [-0.4, -0.2) is 63.3 Å². The van der Waals surface area contributed by atoms with Gasteiger partial charge in [0.25, 0.3) is 0 Å². The zero-order valence-electron chi connectivity index (χ0n) is 16.5. The molecule has 0 bridgehead atoms. The summed E-state index contributed by atoms with van der Waals surface area (Å²) in [6.45, 7) is 7.00. The third-order valence-electron chi connectivity index (χ3n) is 5.03. The van der Waals surface area contributed by atoms with Crippen LogP contribution < -0.4 is 10.6 Å². The van der Waals surface area contributed by atoms with Crippen LogP contribution in [0.3, 0.4) is 0 Å². The van der Waals surface area contributed by atoms with Crippen molar-refractivity contribution in [1.82, 2.24) is 15.5 Å². The number of benzene rings is 1. The van der Waals surface area contributed by atoms with E-state index in [1.807, 2.05) is 6.92 Å². The molecule has 27 heavy (non-hydrogen) atoms. The van der Waals surface area contributed by atoms with Gasteiger partial charge in [-0.05, 0) is 50.8 Å². The van der Waals surface area contributed by atoms with E-state index < -0.39 is 0 Å². The van der Waals surface area contributed by atoms with Crippen LogP contribution in [0.25, 0.3) is 0 Å². The first-order chi connectivity index (χ1) is 12.2. The normalized spacial score (nSPS) is 16.1. The van der Waals surface area contributed by atoms with E-state index in [-0.39, 0.29) is 36.8 Å². The lowest BCUT2D eigenvalue weighted by Gasteiger charge is -2.35. The summed E-state index contributed by atoms with van der Waals surface area (Å²) < 4.78 is 4.98. The number of methoxy groups -OCH3 is 1. The molecule has 2 N–H and O–H groups in total. The Balaban J connectivity index is 0.00000338. The minimum atomic E-state index is -0.0448. The summed E-state index contributed by atoms with van der Waals surface area (Å²) in [4.78, 5) is 14.6. The van der Waals surface area contributed by atoms with Crippen molar-refractivity contribution in [2.45, 2.75) is 32.2 Å². The number of carbonyl (C=O) groups is 1. The second-order valence-electron chi connectivity index (χ2n) is 6.88. The molecule has 0 radical (unpaired) electrons. The van der Waals surface area contributed by atoms with E-state index in [2.05, 4.69) is 45.9 Å². The van der Waals surface area contributed by atoms with Crippen LogP contribution in [-0.2, 0) is 16.0 Å². The predicted octanol–water partition coefficient (Wildman–Crippen LogP) is 2.53. The Morgan fingerprint density at radius 3 is 2.44 bits per heavy atom. The Labute approximate surface area is 176 Å². The van der Waals surface area contributed by atoms with Gasteiger partial charge < -0.3 is 15.4 Å². The quantitative estimate of drug-likeness (QED) is 0.572. The van der Waals surface area contributed by atoms with Gasteiger partial charge in [0.2, 0.25) is 5.91 Å². The lowest BCUT2D eigenvalue weighted by molar-refractivity contribution is -0.126. The third kappa shape index (κ3) is 9.77. The van der Waals surface area contributed by atoms with Crippen molar-refractivity contribution in [2.24, 2.45) is 5.92 Å². The highest BCUT2D eigenvalue weighted by atomic mass is 35.5. The van der Waals surface area contributed by atoms with Gasteiger partial charge in [0.1, 0.15) is 0 Å². The Hall–Kier alpha value is -0.850. The van der Waals surface area contributed by atoms with Crippen molar-refractivity contribution >= 4 is 30.7 Å². The number of piperidine rings is 1. The van der Waals surface area contributed by atoms with E-state index in [1.165, 1.54) is 18.4 Å². The second-order valence-corrected chi connectivity index (χ2v) is 6.88. The summed E-state index contributed by atoms with van der Waals surface area (Å²) in [6, 6.07) is 10.7. The van der Waals surface area contributed by atoms with Crippen molar-refractivity contribution < 1.29 is 9.53 Å². The molecule has 0 aliphatic carbocycles. The molecule has 2 rings (SSSR count). The summed E-state index contributed by atoms with van der Waals surface area (Å²) in [7, 11) is 1.69. The lowest BCUT2D eigenvalue weighted by atomic mass is 9.89. The number of nitrogens with one attached hydrogen (secondary N) is 2. The van der Waals surface area contributed by atoms with Crippen LogP contribution in [0, 0.1) is 5.92 Å². The molecular weight excluding hydrogens is 385 g/mol. The molecule has 1 fully saturated rings. The first-order valence-corrected chi connectivity index (χ1v) is 9.46. The van der Waals surface area contributed by atoms with Crippen LogP contribution in [0.1, 0.15) is 25.3 Å². The molecular formula is C20H35Cl2N3O2. The summed E-state index contributed by atoms with van der Waals surface area (Å²) in [5.74, 6) is 0.869. The molecule has 7 heteroatoms. The maximum absolute atomic E-state index is 12.3. The van der Waals surface area contributed by atoms with Gasteiger partial charge >= 0.3 is 0 Å². The van der Waals surface area contributed by atoms with Crippen molar-refractivity contribution in [2.75, 3.05) is 46.4 Å². The Morgan fingerprint density at radius 2 is 1.81 bits per heavy atom. The van der Waals surface area contributed by atoms with Gasteiger partial charge in [-0.3, -0.25) is 9.69 Å². The van der Waals surface area contributed by atoms with Gasteiger partial charge in [-0.2, -0.15) is 0 Å². The van der Waals surface area contributed by atoms with Crippen molar-refractivity contribution in [3.63, 3.8) is 0 Å². The van der Waals surface area contributed by atoms with Gasteiger partial charge in [0.05, 0.1) is 12.6 Å². The zero-order valence-corrected chi connectivity index (χ0v) is 18.1. The summed E-state index contributed by atoms with van der Waals surface area (Å²) in [6.07, 6.45) is 3.50. The number of hydrogen-bond acceptors (Lipinski definition) is 4. The predicted molar refractivity (Wildman–Crippen MR) is 116 cm³/mol. The molecule has 0 spiro atoms. The van der Waals surface area contributed by atoms with Gasteiger partial charge in [-0.1, -0.05) is 30.3 Å². The van der Waals surface area contributed by atoms with E-state index in [0.29, 0.717) is 13.2 Å². The highest BCUT2D eigenvalue weighted by molar-refractivity contribution is 5.85. The topological polar surface area (TPSA) is 53.6 Å². The molecule has 156 valence electrons. The molecule has 5 nitrogen and oxygen atoms in total. The molecule has 1 aromatic rings. The maximum atomic E-state index is 12.3. The molecule has 1 unspecified atom stereocenters. The van der Waals surface area contributed by atoms with Crippen LogP contribution in [0.15, 0.2) is 30.3 Å². The smallest absolute Gasteiger partial charge is 0.237 e. The number of likely N-dealkylation sites (tertiary alicyclic amines) is 1. The Morgan fingerprint density at radius 1 is 1.15 bits per heavy atom. The highest BCUT2D eigenvalue weighted by Crippen LogP contribution is 2.22. The van der Waals surface area contributed by atoms with Crippen molar-refractivity contribution in [1.29, 1.82) is 0 Å². The number of rotatable bonds is 10. The molecule has 1 aliphatic heterocycles. The minimum absolute atomic E-state index is 0. The molecule has 1 aromatic carbocycles. The maximum Gasteiger partial charge on any atom is 0.237 e.